The molecule has 0 aromatic rings. The molecule has 0 unspecified atom stereocenters. The van der Waals surface area contributed by atoms with Crippen LogP contribution in [0.4, 0.5) is 0 Å². The molecule has 2 aliphatic heterocycles. The molecule has 0 aliphatic carbocycles. The van der Waals surface area contributed by atoms with Gasteiger partial charge in [-0.25, -0.2) is 4.79 Å². The van der Waals surface area contributed by atoms with E-state index in [0.717, 1.165) is 55.6 Å². The van der Waals surface area contributed by atoms with E-state index in [1.807, 2.05) is 24.8 Å². The van der Waals surface area contributed by atoms with Crippen molar-refractivity contribution in [3.05, 3.63) is 11.6 Å². The third-order valence-corrected chi connectivity index (χ3v) is 9.73. The van der Waals surface area contributed by atoms with E-state index in [-0.39, 0.29) is 30.4 Å². The average molecular weight is 613 g/mol. The van der Waals surface area contributed by atoms with Crippen molar-refractivity contribution in [2.45, 2.75) is 179 Å². The number of ether oxygens (including phenoxy) is 3. The minimum Gasteiger partial charge on any atom is -0.455 e. The zero-order valence-electron chi connectivity index (χ0n) is 27.1. The highest BCUT2D eigenvalue weighted by Crippen LogP contribution is 2.25. The maximum Gasteiger partial charge on any atom is 0.334 e. The smallest absolute Gasteiger partial charge is 0.334 e. The van der Waals surface area contributed by atoms with Crippen LogP contribution in [0.25, 0.3) is 0 Å². The van der Waals surface area contributed by atoms with Gasteiger partial charge in [-0.3, -0.25) is 0 Å². The fourth-order valence-electron chi connectivity index (χ4n) is 5.90. The van der Waals surface area contributed by atoms with E-state index >= 15 is 0 Å². The molecule has 2 N–H and O–H groups in total. The lowest BCUT2D eigenvalue weighted by molar-refractivity contribution is -0.139. The van der Waals surface area contributed by atoms with Crippen molar-refractivity contribution in [1.29, 1.82) is 0 Å². The van der Waals surface area contributed by atoms with Crippen LogP contribution in [0.1, 0.15) is 149 Å². The number of aliphatic hydroxyl groups is 2. The Morgan fingerprint density at radius 2 is 1.17 bits per heavy atom. The lowest BCUT2D eigenvalue weighted by atomic mass is 10.0. The lowest BCUT2D eigenvalue weighted by Gasteiger charge is -2.23. The molecule has 0 amide bonds. The summed E-state index contributed by atoms with van der Waals surface area (Å²) < 4.78 is 17.2. The Morgan fingerprint density at radius 1 is 0.738 bits per heavy atom. The second-order valence-corrected chi connectivity index (χ2v) is 13.8. The van der Waals surface area contributed by atoms with Crippen LogP contribution in [0.3, 0.4) is 0 Å². The molecule has 5 atom stereocenters. The summed E-state index contributed by atoms with van der Waals surface area (Å²) in [4.78, 5) is 11.6. The Morgan fingerprint density at radius 3 is 1.60 bits per heavy atom. The number of carbonyl (C=O) groups is 1. The van der Waals surface area contributed by atoms with Crippen molar-refractivity contribution in [2.24, 2.45) is 0 Å². The van der Waals surface area contributed by atoms with Crippen molar-refractivity contribution >= 4 is 17.7 Å². The van der Waals surface area contributed by atoms with Crippen molar-refractivity contribution in [3.8, 4) is 0 Å². The maximum atomic E-state index is 11.6. The Labute approximate surface area is 262 Å². The minimum atomic E-state index is -0.408. The summed E-state index contributed by atoms with van der Waals surface area (Å²) in [6.45, 7) is 4.93. The minimum absolute atomic E-state index is 0.0139. The summed E-state index contributed by atoms with van der Waals surface area (Å²) in [7, 11) is 0. The molecule has 2 aliphatic rings. The standard InChI is InChI=1S/C35H64O6S/c1-3-4-5-6-7-13-16-19-22-31(36)25-39-33-27-42-28-34(33)40-26-32(37)23-20-17-14-11-9-8-10-12-15-18-21-30-24-29(2)41-35(30)38/h24,29,31-34,36-37H,3-23,25-28H2,1-2H3/t29-,31-,32-,33+,34+/m0/s1. The summed E-state index contributed by atoms with van der Waals surface area (Å²) >= 11 is 1.84. The Balaban J connectivity index is 1.36. The van der Waals surface area contributed by atoms with E-state index in [1.165, 1.54) is 96.3 Å². The van der Waals surface area contributed by atoms with Crippen LogP contribution < -0.4 is 0 Å². The molecule has 0 aromatic carbocycles. The van der Waals surface area contributed by atoms with Crippen LogP contribution in [-0.4, -0.2) is 71.4 Å². The fourth-order valence-corrected chi connectivity index (χ4v) is 7.12. The maximum absolute atomic E-state index is 11.6. The van der Waals surface area contributed by atoms with Gasteiger partial charge < -0.3 is 24.4 Å². The van der Waals surface area contributed by atoms with Gasteiger partial charge in [0.25, 0.3) is 0 Å². The van der Waals surface area contributed by atoms with Gasteiger partial charge in [-0.15, -0.1) is 0 Å². The Hall–Kier alpha value is -0.600. The van der Waals surface area contributed by atoms with Gasteiger partial charge in [0.1, 0.15) is 6.10 Å². The van der Waals surface area contributed by atoms with Crippen molar-refractivity contribution < 1.29 is 29.2 Å². The molecular weight excluding hydrogens is 548 g/mol. The highest BCUT2D eigenvalue weighted by molar-refractivity contribution is 7.99. The first-order valence-electron chi connectivity index (χ1n) is 17.6. The molecule has 7 heteroatoms. The van der Waals surface area contributed by atoms with Crippen molar-refractivity contribution in [2.75, 3.05) is 24.7 Å². The van der Waals surface area contributed by atoms with Gasteiger partial charge in [0.2, 0.25) is 0 Å². The van der Waals surface area contributed by atoms with E-state index in [0.29, 0.717) is 13.2 Å². The number of thioether (sulfide) groups is 1. The number of cyclic esters (lactones) is 1. The lowest BCUT2D eigenvalue weighted by Crippen LogP contribution is -2.34. The number of esters is 1. The Bertz CT molecular complexity index is 701. The Kier molecular flexibility index (Phi) is 22.1. The molecule has 0 spiro atoms. The fraction of sp³-hybridized carbons (Fsp3) is 0.914. The van der Waals surface area contributed by atoms with Crippen molar-refractivity contribution in [1.82, 2.24) is 0 Å². The van der Waals surface area contributed by atoms with Gasteiger partial charge in [-0.05, 0) is 38.7 Å². The van der Waals surface area contributed by atoms with Gasteiger partial charge in [0, 0.05) is 17.1 Å². The molecule has 246 valence electrons. The molecule has 42 heavy (non-hydrogen) atoms. The van der Waals surface area contributed by atoms with E-state index < -0.39 is 6.10 Å². The van der Waals surface area contributed by atoms with Crippen LogP contribution in [0.5, 0.6) is 0 Å². The topological polar surface area (TPSA) is 85.2 Å². The van der Waals surface area contributed by atoms with E-state index in [9.17, 15) is 15.0 Å². The molecule has 6 nitrogen and oxygen atoms in total. The quantitative estimate of drug-likeness (QED) is 0.0679. The predicted molar refractivity (Wildman–Crippen MR) is 175 cm³/mol. The van der Waals surface area contributed by atoms with Crippen molar-refractivity contribution in [3.63, 3.8) is 0 Å². The molecule has 0 radical (unpaired) electrons. The largest absolute Gasteiger partial charge is 0.455 e. The zero-order valence-corrected chi connectivity index (χ0v) is 27.9. The van der Waals surface area contributed by atoms with Crippen LogP contribution in [0.15, 0.2) is 11.6 Å². The van der Waals surface area contributed by atoms with Crippen LogP contribution in [0.2, 0.25) is 0 Å². The van der Waals surface area contributed by atoms with Crippen LogP contribution in [-0.2, 0) is 19.0 Å². The zero-order chi connectivity index (χ0) is 30.3. The number of hydrogen-bond donors (Lipinski definition) is 2. The number of rotatable bonds is 28. The number of hydrogen-bond acceptors (Lipinski definition) is 7. The van der Waals surface area contributed by atoms with E-state index in [1.54, 1.807) is 0 Å². The SMILES string of the molecule is CCCCCCCCCC[C@H](O)CO[C@@H]1CSC[C@H]1OC[C@@H](O)CCCCCCCCCCCCC1=C[C@H](C)OC1=O. The van der Waals surface area contributed by atoms with Gasteiger partial charge in [-0.2, -0.15) is 11.8 Å². The highest BCUT2D eigenvalue weighted by atomic mass is 32.2. The van der Waals surface area contributed by atoms with E-state index in [4.69, 9.17) is 14.2 Å². The number of aliphatic hydroxyl groups excluding tert-OH is 2. The monoisotopic (exact) mass is 612 g/mol. The van der Waals surface area contributed by atoms with Gasteiger partial charge in [0.15, 0.2) is 0 Å². The van der Waals surface area contributed by atoms with Gasteiger partial charge >= 0.3 is 5.97 Å². The molecular formula is C35H64O6S. The summed E-state index contributed by atoms with van der Waals surface area (Å²) in [6, 6.07) is 0. The number of unbranched alkanes of at least 4 members (excludes halogenated alkanes) is 16. The molecule has 0 saturated carbocycles. The average Bonchev–Trinajstić information content (AvgIpc) is 3.56. The first-order valence-corrected chi connectivity index (χ1v) is 18.7. The third kappa shape index (κ3) is 18.3. The second kappa shape index (κ2) is 24.7. The third-order valence-electron chi connectivity index (χ3n) is 8.60. The summed E-state index contributed by atoms with van der Waals surface area (Å²) in [5.74, 6) is 1.68. The highest BCUT2D eigenvalue weighted by Gasteiger charge is 2.30. The first-order chi connectivity index (χ1) is 20.5. The predicted octanol–water partition coefficient (Wildman–Crippen LogP) is 8.31. The van der Waals surface area contributed by atoms with Crippen LogP contribution >= 0.6 is 11.8 Å². The second-order valence-electron chi connectivity index (χ2n) is 12.7. The van der Waals surface area contributed by atoms with Gasteiger partial charge in [-0.1, -0.05) is 116 Å². The first kappa shape index (κ1) is 37.6. The summed E-state index contributed by atoms with van der Waals surface area (Å²) in [6.07, 6.45) is 25.9. The molecule has 0 aromatic heterocycles. The van der Waals surface area contributed by atoms with Crippen LogP contribution in [0, 0.1) is 0 Å². The molecule has 1 saturated heterocycles. The number of carbonyl (C=O) groups excluding carboxylic acids is 1. The van der Waals surface area contributed by atoms with Gasteiger partial charge in [0.05, 0.1) is 37.6 Å². The van der Waals surface area contributed by atoms with E-state index in [2.05, 4.69) is 6.92 Å². The molecule has 2 heterocycles. The molecule has 0 bridgehead atoms. The normalized spacial score (nSPS) is 22.0. The summed E-state index contributed by atoms with van der Waals surface area (Å²) in [5, 5.41) is 20.8. The molecule has 2 rings (SSSR count). The molecule has 1 fully saturated rings. The summed E-state index contributed by atoms with van der Waals surface area (Å²) in [5.41, 5.74) is 0.866.